The van der Waals surface area contributed by atoms with Crippen LogP contribution in [0.1, 0.15) is 12.8 Å². The van der Waals surface area contributed by atoms with E-state index in [1.54, 1.807) is 0 Å². The molecule has 0 bridgehead atoms. The van der Waals surface area contributed by atoms with E-state index in [-0.39, 0.29) is 0 Å². The van der Waals surface area contributed by atoms with Crippen molar-refractivity contribution in [2.24, 2.45) is 0 Å². The molecule has 0 spiro atoms. The van der Waals surface area contributed by atoms with Crippen molar-refractivity contribution in [2.75, 3.05) is 19.8 Å². The summed E-state index contributed by atoms with van der Waals surface area (Å²) in [6, 6.07) is 1.21. The van der Waals surface area contributed by atoms with E-state index in [0.717, 1.165) is 32.7 Å². The monoisotopic (exact) mass is 276 g/mol. The maximum Gasteiger partial charge on any atom is 0.173 e. The molecule has 1 aliphatic rings. The average molecular weight is 277 g/mol. The molecule has 5 heteroatoms. The van der Waals surface area contributed by atoms with E-state index in [0.29, 0.717) is 6.10 Å². The molecule has 102 valence electrons. The van der Waals surface area contributed by atoms with Crippen LogP contribution < -0.4 is 0 Å². The lowest BCUT2D eigenvalue weighted by Gasteiger charge is -2.31. The van der Waals surface area contributed by atoms with Crippen molar-refractivity contribution in [3.05, 3.63) is 0 Å². The van der Waals surface area contributed by atoms with E-state index in [2.05, 4.69) is 32.7 Å². The molecule has 1 fully saturated rings. The zero-order valence-corrected chi connectivity index (χ0v) is 14.0. The molecule has 1 atom stereocenters. The summed E-state index contributed by atoms with van der Waals surface area (Å²) in [6.07, 6.45) is 2.69. The highest BCUT2D eigenvalue weighted by atomic mass is 28.4. The van der Waals surface area contributed by atoms with Crippen LogP contribution >= 0.6 is 0 Å². The van der Waals surface area contributed by atoms with E-state index >= 15 is 0 Å². The molecule has 1 heterocycles. The van der Waals surface area contributed by atoms with Gasteiger partial charge in [-0.25, -0.2) is 0 Å². The largest absolute Gasteiger partial charge is 0.456 e. The normalized spacial score (nSPS) is 20.6. The van der Waals surface area contributed by atoms with Crippen LogP contribution in [-0.4, -0.2) is 42.6 Å². The van der Waals surface area contributed by atoms with Gasteiger partial charge in [-0.15, -0.1) is 0 Å². The Morgan fingerprint density at radius 2 is 1.76 bits per heavy atom. The third-order valence-corrected chi connectivity index (χ3v) is 8.85. The average Bonchev–Trinajstić information content (AvgIpc) is 2.90. The van der Waals surface area contributed by atoms with Gasteiger partial charge in [0.25, 0.3) is 0 Å². The third-order valence-electron chi connectivity index (χ3n) is 2.64. The molecule has 0 saturated carbocycles. The predicted octanol–water partition coefficient (Wildman–Crippen LogP) is 3.24. The van der Waals surface area contributed by atoms with Crippen molar-refractivity contribution in [3.8, 4) is 0 Å². The van der Waals surface area contributed by atoms with Gasteiger partial charge in [0.1, 0.15) is 0 Å². The summed E-state index contributed by atoms with van der Waals surface area (Å²) < 4.78 is 17.0. The van der Waals surface area contributed by atoms with Crippen molar-refractivity contribution in [1.82, 2.24) is 0 Å². The van der Waals surface area contributed by atoms with Crippen LogP contribution in [0.5, 0.6) is 0 Å². The van der Waals surface area contributed by atoms with E-state index in [9.17, 15) is 0 Å². The van der Waals surface area contributed by atoms with Crippen molar-refractivity contribution in [2.45, 2.75) is 57.7 Å². The summed E-state index contributed by atoms with van der Waals surface area (Å²) in [5.41, 5.74) is 0. The Morgan fingerprint density at radius 3 is 2.29 bits per heavy atom. The molecule has 1 unspecified atom stereocenters. The van der Waals surface area contributed by atoms with E-state index in [1.165, 1.54) is 6.04 Å². The first-order valence-electron chi connectivity index (χ1n) is 6.68. The highest BCUT2D eigenvalue weighted by Crippen LogP contribution is 2.20. The van der Waals surface area contributed by atoms with E-state index in [4.69, 9.17) is 13.6 Å². The van der Waals surface area contributed by atoms with Gasteiger partial charge in [0.2, 0.25) is 0 Å². The lowest BCUT2D eigenvalue weighted by Crippen LogP contribution is -2.42. The Bertz CT molecular complexity index is 222. The second-order valence-corrected chi connectivity index (χ2v) is 15.5. The molecule has 0 aromatic carbocycles. The Morgan fingerprint density at radius 1 is 1.12 bits per heavy atom. The molecule has 17 heavy (non-hydrogen) atoms. The van der Waals surface area contributed by atoms with Gasteiger partial charge in [-0.2, -0.15) is 0 Å². The first-order valence-corrected chi connectivity index (χ1v) is 13.2. The summed E-state index contributed by atoms with van der Waals surface area (Å²) in [4.78, 5) is 0. The zero-order chi connectivity index (χ0) is 12.9. The van der Waals surface area contributed by atoms with Crippen LogP contribution in [0.15, 0.2) is 0 Å². The Balaban J connectivity index is 1.99. The van der Waals surface area contributed by atoms with Crippen molar-refractivity contribution >= 4 is 16.6 Å². The minimum Gasteiger partial charge on any atom is -0.456 e. The molecule has 0 radical (unpaired) electrons. The van der Waals surface area contributed by atoms with Gasteiger partial charge >= 0.3 is 0 Å². The van der Waals surface area contributed by atoms with Crippen molar-refractivity contribution in [1.29, 1.82) is 0 Å². The van der Waals surface area contributed by atoms with Crippen molar-refractivity contribution in [3.63, 3.8) is 0 Å². The number of hydrogen-bond acceptors (Lipinski definition) is 3. The molecule has 0 aromatic heterocycles. The molecule has 0 amide bonds. The molecular weight excluding hydrogens is 248 g/mol. The highest BCUT2D eigenvalue weighted by Gasteiger charge is 2.28. The SMILES string of the molecule is C[Si](C)(C)O[Si](C)(C)CCCOCCC1CO1. The maximum atomic E-state index is 6.28. The first kappa shape index (κ1) is 15.4. The molecule has 0 N–H and O–H groups in total. The fourth-order valence-electron chi connectivity index (χ4n) is 2.03. The maximum absolute atomic E-state index is 6.28. The summed E-state index contributed by atoms with van der Waals surface area (Å²) in [5, 5.41) is 0. The molecule has 3 nitrogen and oxygen atoms in total. The fraction of sp³-hybridized carbons (Fsp3) is 1.00. The highest BCUT2D eigenvalue weighted by molar-refractivity contribution is 6.84. The third kappa shape index (κ3) is 8.96. The fourth-order valence-corrected chi connectivity index (χ4v) is 10.1. The molecule has 1 aliphatic heterocycles. The molecule has 1 rings (SSSR count). The number of ether oxygens (including phenoxy) is 2. The van der Waals surface area contributed by atoms with Gasteiger partial charge in [-0.05, 0) is 51.6 Å². The number of epoxide rings is 1. The van der Waals surface area contributed by atoms with Crippen LogP contribution in [0.25, 0.3) is 0 Å². The van der Waals surface area contributed by atoms with Crippen LogP contribution in [0.4, 0.5) is 0 Å². The van der Waals surface area contributed by atoms with Gasteiger partial charge in [0.15, 0.2) is 16.6 Å². The van der Waals surface area contributed by atoms with Gasteiger partial charge in [0, 0.05) is 13.2 Å². The van der Waals surface area contributed by atoms with Gasteiger partial charge in [0.05, 0.1) is 12.7 Å². The van der Waals surface area contributed by atoms with Gasteiger partial charge in [-0.3, -0.25) is 0 Å². The summed E-state index contributed by atoms with van der Waals surface area (Å²) in [5.74, 6) is 0. The molecule has 1 saturated heterocycles. The Labute approximate surface area is 108 Å². The smallest absolute Gasteiger partial charge is 0.173 e. The number of rotatable bonds is 9. The van der Waals surface area contributed by atoms with E-state index in [1.807, 2.05) is 0 Å². The minimum absolute atomic E-state index is 0.496. The lowest BCUT2D eigenvalue weighted by molar-refractivity contribution is 0.125. The summed E-state index contributed by atoms with van der Waals surface area (Å²) in [6.45, 7) is 14.1. The summed E-state index contributed by atoms with van der Waals surface area (Å²) in [7, 11) is -2.82. The quantitative estimate of drug-likeness (QED) is 0.368. The topological polar surface area (TPSA) is 31.0 Å². The van der Waals surface area contributed by atoms with Crippen LogP contribution in [-0.2, 0) is 13.6 Å². The summed E-state index contributed by atoms with van der Waals surface area (Å²) >= 11 is 0. The first-order chi connectivity index (χ1) is 7.79. The Hall–Kier alpha value is 0.314. The Kier molecular flexibility index (Phi) is 5.85. The molecular formula is C12H28O3Si2. The van der Waals surface area contributed by atoms with Crippen LogP contribution in [0.2, 0.25) is 38.8 Å². The second-order valence-electron chi connectivity index (χ2n) is 6.43. The molecule has 0 aromatic rings. The zero-order valence-electron chi connectivity index (χ0n) is 12.0. The van der Waals surface area contributed by atoms with Crippen LogP contribution in [0, 0.1) is 0 Å². The van der Waals surface area contributed by atoms with Gasteiger partial charge in [-0.1, -0.05) is 0 Å². The predicted molar refractivity (Wildman–Crippen MR) is 76.5 cm³/mol. The standard InChI is InChI=1S/C12H28O3Si2/c1-16(2,3)15-17(4,5)10-6-8-13-9-7-12-11-14-12/h12H,6-11H2,1-5H3. The minimum atomic E-state index is -1.45. The van der Waals surface area contributed by atoms with Gasteiger partial charge < -0.3 is 13.6 Å². The second kappa shape index (κ2) is 6.47. The van der Waals surface area contributed by atoms with Crippen LogP contribution in [0.3, 0.4) is 0 Å². The van der Waals surface area contributed by atoms with E-state index < -0.39 is 16.6 Å². The number of hydrogen-bond donors (Lipinski definition) is 0. The van der Waals surface area contributed by atoms with Crippen molar-refractivity contribution < 1.29 is 13.6 Å². The lowest BCUT2D eigenvalue weighted by atomic mass is 10.3. The molecule has 0 aliphatic carbocycles.